The van der Waals surface area contributed by atoms with Gasteiger partial charge in [-0.1, -0.05) is 53.4 Å². The Hall–Kier alpha value is -0.790. The molecule has 1 rings (SSSR count). The van der Waals surface area contributed by atoms with Gasteiger partial charge in [0.15, 0.2) is 0 Å². The zero-order valence-corrected chi connectivity index (χ0v) is 11.9. The van der Waals surface area contributed by atoms with Gasteiger partial charge >= 0.3 is 0 Å². The Labute approximate surface area is 106 Å². The second-order valence-electron chi connectivity index (χ2n) is 5.41. The molecule has 0 aromatic carbocycles. The van der Waals surface area contributed by atoms with Gasteiger partial charge in [-0.05, 0) is 18.3 Å². The molecule has 98 valence electrons. The summed E-state index contributed by atoms with van der Waals surface area (Å²) in [6.07, 6.45) is 10.3. The van der Waals surface area contributed by atoms with Crippen molar-refractivity contribution in [1.29, 1.82) is 0 Å². The highest BCUT2D eigenvalue weighted by Crippen LogP contribution is 2.30. The molecule has 0 aliphatic heterocycles. The zero-order valence-electron chi connectivity index (χ0n) is 11.9. The number of rotatable bonds is 8. The Balaban J connectivity index is 2.48. The van der Waals surface area contributed by atoms with E-state index in [-0.39, 0.29) is 0 Å². The van der Waals surface area contributed by atoms with Gasteiger partial charge in [-0.3, -0.25) is 0 Å². The summed E-state index contributed by atoms with van der Waals surface area (Å²) in [6.45, 7) is 9.25. The monoisotopic (exact) mass is 236 g/mol. The van der Waals surface area contributed by atoms with Crippen molar-refractivity contribution in [2.75, 3.05) is 0 Å². The fourth-order valence-electron chi connectivity index (χ4n) is 2.35. The van der Waals surface area contributed by atoms with Gasteiger partial charge in [0, 0.05) is 18.3 Å². The molecule has 0 aliphatic rings. The quantitative estimate of drug-likeness (QED) is 0.693. The first-order chi connectivity index (χ1) is 8.19. The van der Waals surface area contributed by atoms with E-state index in [0.29, 0.717) is 5.92 Å². The van der Waals surface area contributed by atoms with Gasteiger partial charge in [0.05, 0.1) is 0 Å². The molecule has 0 fully saturated rings. The van der Waals surface area contributed by atoms with Gasteiger partial charge in [0.25, 0.3) is 0 Å². The lowest BCUT2D eigenvalue weighted by Gasteiger charge is -2.21. The average molecular weight is 236 g/mol. The zero-order chi connectivity index (χ0) is 12.7. The number of aromatic amines is 1. The molecule has 0 radical (unpaired) electrons. The molecule has 2 nitrogen and oxygen atoms in total. The summed E-state index contributed by atoms with van der Waals surface area (Å²) in [5.74, 6) is 3.38. The van der Waals surface area contributed by atoms with Gasteiger partial charge in [-0.25, -0.2) is 4.98 Å². The predicted octanol–water partition coefficient (Wildman–Crippen LogP) is 4.76. The lowest BCUT2D eigenvalue weighted by Crippen LogP contribution is -2.11. The molecule has 0 spiro atoms. The third-order valence-corrected chi connectivity index (χ3v) is 4.11. The third-order valence-electron chi connectivity index (χ3n) is 4.11. The lowest BCUT2D eigenvalue weighted by molar-refractivity contribution is 0.376. The maximum Gasteiger partial charge on any atom is 0.109 e. The molecule has 0 aliphatic carbocycles. The van der Waals surface area contributed by atoms with Crippen LogP contribution in [0.25, 0.3) is 0 Å². The van der Waals surface area contributed by atoms with Gasteiger partial charge in [-0.2, -0.15) is 0 Å². The molecule has 3 unspecified atom stereocenters. The first kappa shape index (κ1) is 14.3. The summed E-state index contributed by atoms with van der Waals surface area (Å²) in [6, 6.07) is 0. The number of nitrogens with zero attached hydrogens (tertiary/aromatic N) is 1. The summed E-state index contributed by atoms with van der Waals surface area (Å²) in [5.41, 5.74) is 0. The van der Waals surface area contributed by atoms with Crippen molar-refractivity contribution >= 4 is 0 Å². The molecule has 17 heavy (non-hydrogen) atoms. The van der Waals surface area contributed by atoms with Crippen LogP contribution in [0.2, 0.25) is 0 Å². The van der Waals surface area contributed by atoms with Crippen LogP contribution in [0.3, 0.4) is 0 Å². The van der Waals surface area contributed by atoms with Crippen molar-refractivity contribution in [3.63, 3.8) is 0 Å². The van der Waals surface area contributed by atoms with E-state index < -0.39 is 0 Å². The Bertz CT molecular complexity index is 279. The Morgan fingerprint density at radius 2 is 1.94 bits per heavy atom. The van der Waals surface area contributed by atoms with Crippen molar-refractivity contribution in [3.05, 3.63) is 18.2 Å². The van der Waals surface area contributed by atoms with Gasteiger partial charge in [-0.15, -0.1) is 0 Å². The second kappa shape index (κ2) is 7.52. The topological polar surface area (TPSA) is 28.7 Å². The highest BCUT2D eigenvalue weighted by molar-refractivity contribution is 4.98. The lowest BCUT2D eigenvalue weighted by atomic mass is 9.85. The standard InChI is InChI=1S/C15H28N2/c1-5-12(3)8-7-9-14(13(4)6-2)15-16-10-11-17-15/h10-14H,5-9H2,1-4H3,(H,16,17). The first-order valence-corrected chi connectivity index (χ1v) is 7.18. The van der Waals surface area contributed by atoms with Crippen molar-refractivity contribution in [1.82, 2.24) is 9.97 Å². The van der Waals surface area contributed by atoms with Crippen LogP contribution in [0.15, 0.2) is 12.4 Å². The van der Waals surface area contributed by atoms with Crippen molar-refractivity contribution in [2.45, 2.75) is 65.7 Å². The van der Waals surface area contributed by atoms with Crippen molar-refractivity contribution in [2.24, 2.45) is 11.8 Å². The van der Waals surface area contributed by atoms with Crippen LogP contribution in [0.4, 0.5) is 0 Å². The minimum atomic E-state index is 0.610. The maximum atomic E-state index is 4.45. The summed E-state index contributed by atoms with van der Waals surface area (Å²) in [4.78, 5) is 7.74. The molecular weight excluding hydrogens is 208 g/mol. The van der Waals surface area contributed by atoms with E-state index in [0.717, 1.165) is 11.8 Å². The number of H-pyrrole nitrogens is 1. The fourth-order valence-corrected chi connectivity index (χ4v) is 2.35. The van der Waals surface area contributed by atoms with E-state index >= 15 is 0 Å². The first-order valence-electron chi connectivity index (χ1n) is 7.18. The van der Waals surface area contributed by atoms with Crippen LogP contribution < -0.4 is 0 Å². The van der Waals surface area contributed by atoms with Crippen LogP contribution in [-0.2, 0) is 0 Å². The van der Waals surface area contributed by atoms with E-state index in [1.165, 1.54) is 37.9 Å². The number of aromatic nitrogens is 2. The number of nitrogens with one attached hydrogen (secondary N) is 1. The number of hydrogen-bond acceptors (Lipinski definition) is 1. The molecule has 1 aromatic heterocycles. The van der Waals surface area contributed by atoms with E-state index in [4.69, 9.17) is 0 Å². The molecule has 1 aromatic rings. The van der Waals surface area contributed by atoms with Crippen LogP contribution in [0, 0.1) is 11.8 Å². The normalized spacial score (nSPS) is 16.7. The highest BCUT2D eigenvalue weighted by Gasteiger charge is 2.19. The molecule has 2 heteroatoms. The molecular formula is C15H28N2. The molecule has 3 atom stereocenters. The van der Waals surface area contributed by atoms with Gasteiger partial charge < -0.3 is 4.98 Å². The Morgan fingerprint density at radius 1 is 1.18 bits per heavy atom. The number of imidazole rings is 1. The van der Waals surface area contributed by atoms with Crippen LogP contribution in [0.5, 0.6) is 0 Å². The molecule has 1 heterocycles. The fraction of sp³-hybridized carbons (Fsp3) is 0.800. The molecule has 0 bridgehead atoms. The average Bonchev–Trinajstić information content (AvgIpc) is 2.86. The predicted molar refractivity (Wildman–Crippen MR) is 74.1 cm³/mol. The van der Waals surface area contributed by atoms with Crippen molar-refractivity contribution < 1.29 is 0 Å². The highest BCUT2D eigenvalue weighted by atomic mass is 14.9. The van der Waals surface area contributed by atoms with Crippen LogP contribution in [-0.4, -0.2) is 9.97 Å². The van der Waals surface area contributed by atoms with Crippen LogP contribution >= 0.6 is 0 Å². The summed E-state index contributed by atoms with van der Waals surface area (Å²) in [7, 11) is 0. The number of hydrogen-bond donors (Lipinski definition) is 1. The molecule has 0 amide bonds. The van der Waals surface area contributed by atoms with E-state index in [2.05, 4.69) is 37.7 Å². The van der Waals surface area contributed by atoms with Crippen LogP contribution in [0.1, 0.15) is 71.5 Å². The molecule has 0 saturated carbocycles. The minimum absolute atomic E-state index is 0.610. The van der Waals surface area contributed by atoms with Crippen molar-refractivity contribution in [3.8, 4) is 0 Å². The Kier molecular flexibility index (Phi) is 6.31. The van der Waals surface area contributed by atoms with Gasteiger partial charge in [0.1, 0.15) is 5.82 Å². The largest absolute Gasteiger partial charge is 0.348 e. The smallest absolute Gasteiger partial charge is 0.109 e. The molecule has 1 N–H and O–H groups in total. The van der Waals surface area contributed by atoms with E-state index in [9.17, 15) is 0 Å². The van der Waals surface area contributed by atoms with Gasteiger partial charge in [0.2, 0.25) is 0 Å². The molecule has 0 saturated heterocycles. The summed E-state index contributed by atoms with van der Waals surface area (Å²) in [5, 5.41) is 0. The second-order valence-corrected chi connectivity index (χ2v) is 5.41. The third kappa shape index (κ3) is 4.53. The van der Waals surface area contributed by atoms with E-state index in [1.54, 1.807) is 0 Å². The Morgan fingerprint density at radius 3 is 2.47 bits per heavy atom. The SMILES string of the molecule is CCC(C)CCCC(c1ncc[nH]1)C(C)CC. The van der Waals surface area contributed by atoms with E-state index in [1.807, 2.05) is 12.4 Å². The summed E-state index contributed by atoms with van der Waals surface area (Å²) < 4.78 is 0. The minimum Gasteiger partial charge on any atom is -0.348 e. The summed E-state index contributed by atoms with van der Waals surface area (Å²) >= 11 is 0. The maximum absolute atomic E-state index is 4.45.